The molecule has 0 spiro atoms. The first-order valence-corrected chi connectivity index (χ1v) is 16.5. The first-order chi connectivity index (χ1) is 22.2. The van der Waals surface area contributed by atoms with Crippen molar-refractivity contribution in [2.24, 2.45) is 0 Å². The summed E-state index contributed by atoms with van der Waals surface area (Å²) < 4.78 is 28.2. The fourth-order valence-electron chi connectivity index (χ4n) is 5.58. The van der Waals surface area contributed by atoms with Gasteiger partial charge in [0.1, 0.15) is 11.6 Å². The minimum absolute atomic E-state index is 0.00299. The summed E-state index contributed by atoms with van der Waals surface area (Å²) in [5.41, 5.74) is 4.17. The Balaban J connectivity index is 1.87. The molecule has 3 aromatic rings. The van der Waals surface area contributed by atoms with Crippen molar-refractivity contribution in [2.75, 3.05) is 33.2 Å². The van der Waals surface area contributed by atoms with Gasteiger partial charge in [-0.05, 0) is 105 Å². The molecule has 3 aromatic carbocycles. The lowest BCUT2D eigenvalue weighted by molar-refractivity contribution is 0.0755. The molecule has 0 bridgehead atoms. The molecule has 0 fully saturated rings. The SMILES string of the molecule is CCCN(CCC)C(=O)c1cc(CCCNC)cc(C(=O)N[C@@H](Cc2cc(F)cc(F)c2)[C@H](O)CNCc2cccc(CC)c2)c1. The van der Waals surface area contributed by atoms with Gasteiger partial charge in [-0.3, -0.25) is 9.59 Å². The predicted molar refractivity (Wildman–Crippen MR) is 180 cm³/mol. The van der Waals surface area contributed by atoms with Crippen molar-refractivity contribution >= 4 is 11.8 Å². The van der Waals surface area contributed by atoms with Crippen LogP contribution in [0.15, 0.2) is 60.7 Å². The molecule has 0 saturated heterocycles. The summed E-state index contributed by atoms with van der Waals surface area (Å²) in [5, 5.41) is 20.6. The summed E-state index contributed by atoms with van der Waals surface area (Å²) in [6.07, 6.45) is 2.97. The Kier molecular flexibility index (Phi) is 15.3. The van der Waals surface area contributed by atoms with Crippen molar-refractivity contribution in [1.82, 2.24) is 20.9 Å². The predicted octanol–water partition coefficient (Wildman–Crippen LogP) is 5.43. The number of aryl methyl sites for hydroxylation is 2. The van der Waals surface area contributed by atoms with Gasteiger partial charge in [0.15, 0.2) is 0 Å². The number of benzene rings is 3. The molecule has 250 valence electrons. The summed E-state index contributed by atoms with van der Waals surface area (Å²) >= 11 is 0. The number of carbonyl (C=O) groups excluding carboxylic acids is 2. The van der Waals surface area contributed by atoms with Gasteiger partial charge in [0.25, 0.3) is 11.8 Å². The highest BCUT2D eigenvalue weighted by molar-refractivity contribution is 6.00. The Morgan fingerprint density at radius 2 is 1.52 bits per heavy atom. The standard InChI is InChI=1S/C37H50F2N4O3/c1-5-14-43(15-6-2)37(46)31-18-27(12-9-13-40-4)17-30(22-31)36(45)42-34(21-29-19-32(38)23-33(39)20-29)35(44)25-41-24-28-11-8-10-26(7-3)16-28/h8,10-11,16-20,22-23,34-35,40-41,44H,5-7,9,12-15,21,24-25H2,1-4H3,(H,42,45)/t34-,35+/m0/s1. The number of hydrogen-bond donors (Lipinski definition) is 4. The number of nitrogens with one attached hydrogen (secondary N) is 3. The number of hydrogen-bond acceptors (Lipinski definition) is 5. The van der Waals surface area contributed by atoms with Crippen LogP contribution in [0.2, 0.25) is 0 Å². The molecule has 2 amide bonds. The third-order valence-corrected chi connectivity index (χ3v) is 7.91. The third-order valence-electron chi connectivity index (χ3n) is 7.91. The molecule has 0 aliphatic rings. The highest BCUT2D eigenvalue weighted by atomic mass is 19.1. The van der Waals surface area contributed by atoms with Crippen LogP contribution in [-0.2, 0) is 25.8 Å². The third kappa shape index (κ3) is 11.6. The maximum atomic E-state index is 14.1. The molecule has 0 heterocycles. The molecular weight excluding hydrogens is 586 g/mol. The zero-order valence-electron chi connectivity index (χ0n) is 27.7. The highest BCUT2D eigenvalue weighted by Crippen LogP contribution is 2.18. The first-order valence-electron chi connectivity index (χ1n) is 16.5. The second-order valence-corrected chi connectivity index (χ2v) is 11.9. The Hall–Kier alpha value is -3.66. The molecule has 0 radical (unpaired) electrons. The van der Waals surface area contributed by atoms with Crippen LogP contribution in [0.5, 0.6) is 0 Å². The molecule has 46 heavy (non-hydrogen) atoms. The van der Waals surface area contributed by atoms with Gasteiger partial charge >= 0.3 is 0 Å². The van der Waals surface area contributed by atoms with Crippen LogP contribution in [0.3, 0.4) is 0 Å². The monoisotopic (exact) mass is 636 g/mol. The van der Waals surface area contributed by atoms with Gasteiger partial charge < -0.3 is 26.0 Å². The number of amides is 2. The van der Waals surface area contributed by atoms with Crippen LogP contribution < -0.4 is 16.0 Å². The van der Waals surface area contributed by atoms with Gasteiger partial charge in [-0.25, -0.2) is 8.78 Å². The summed E-state index contributed by atoms with van der Waals surface area (Å²) in [5.74, 6) is -2.07. The molecule has 0 aromatic heterocycles. The number of aliphatic hydroxyl groups is 1. The van der Waals surface area contributed by atoms with E-state index < -0.39 is 29.7 Å². The molecule has 7 nitrogen and oxygen atoms in total. The Bertz CT molecular complexity index is 1390. The van der Waals surface area contributed by atoms with E-state index in [0.29, 0.717) is 42.7 Å². The van der Waals surface area contributed by atoms with E-state index in [4.69, 9.17) is 0 Å². The van der Waals surface area contributed by atoms with E-state index in [1.165, 1.54) is 17.7 Å². The number of rotatable bonds is 19. The summed E-state index contributed by atoms with van der Waals surface area (Å²) in [6, 6.07) is 15.7. The Morgan fingerprint density at radius 1 is 0.848 bits per heavy atom. The van der Waals surface area contributed by atoms with E-state index >= 15 is 0 Å². The van der Waals surface area contributed by atoms with Crippen molar-refractivity contribution < 1.29 is 23.5 Å². The molecule has 9 heteroatoms. The molecule has 3 rings (SSSR count). The average Bonchev–Trinajstić information content (AvgIpc) is 3.03. The number of halogens is 2. The summed E-state index contributed by atoms with van der Waals surface area (Å²) in [4.78, 5) is 29.2. The van der Waals surface area contributed by atoms with E-state index in [0.717, 1.165) is 49.4 Å². The van der Waals surface area contributed by atoms with Crippen molar-refractivity contribution in [3.8, 4) is 0 Å². The minimum atomic E-state index is -1.07. The van der Waals surface area contributed by atoms with Gasteiger partial charge in [0.05, 0.1) is 12.1 Å². The van der Waals surface area contributed by atoms with Crippen molar-refractivity contribution in [3.63, 3.8) is 0 Å². The second kappa shape index (κ2) is 19.1. The highest BCUT2D eigenvalue weighted by Gasteiger charge is 2.25. The lowest BCUT2D eigenvalue weighted by Crippen LogP contribution is -2.48. The van der Waals surface area contributed by atoms with Crippen LogP contribution in [0.25, 0.3) is 0 Å². The zero-order chi connectivity index (χ0) is 33.5. The van der Waals surface area contributed by atoms with E-state index in [1.54, 1.807) is 17.0 Å². The number of nitrogens with zero attached hydrogens (tertiary/aromatic N) is 1. The molecule has 4 N–H and O–H groups in total. The van der Waals surface area contributed by atoms with E-state index in [1.807, 2.05) is 39.1 Å². The quantitative estimate of drug-likeness (QED) is 0.132. The van der Waals surface area contributed by atoms with Crippen LogP contribution in [0.4, 0.5) is 8.78 Å². The average molecular weight is 637 g/mol. The van der Waals surface area contributed by atoms with Crippen LogP contribution >= 0.6 is 0 Å². The van der Waals surface area contributed by atoms with Crippen LogP contribution in [0, 0.1) is 11.6 Å². The molecule has 0 aliphatic carbocycles. The fraction of sp³-hybridized carbons (Fsp3) is 0.459. The van der Waals surface area contributed by atoms with Gasteiger partial charge in [-0.1, -0.05) is 45.0 Å². The summed E-state index contributed by atoms with van der Waals surface area (Å²) in [6.45, 7) is 8.79. The Labute approximate surface area is 272 Å². The molecule has 2 atom stereocenters. The van der Waals surface area contributed by atoms with E-state index in [2.05, 4.69) is 35.0 Å². The zero-order valence-corrected chi connectivity index (χ0v) is 27.7. The number of aliphatic hydroxyl groups excluding tert-OH is 1. The lowest BCUT2D eigenvalue weighted by atomic mass is 9.98. The van der Waals surface area contributed by atoms with Gasteiger partial charge in [0.2, 0.25) is 0 Å². The van der Waals surface area contributed by atoms with Gasteiger partial charge in [-0.2, -0.15) is 0 Å². The van der Waals surface area contributed by atoms with Crippen LogP contribution in [0.1, 0.15) is 83.0 Å². The normalized spacial score (nSPS) is 12.5. The van der Waals surface area contributed by atoms with E-state index in [9.17, 15) is 23.5 Å². The molecule has 0 saturated carbocycles. The molecule has 0 aliphatic heterocycles. The fourth-order valence-corrected chi connectivity index (χ4v) is 5.58. The lowest BCUT2D eigenvalue weighted by Gasteiger charge is -2.26. The topological polar surface area (TPSA) is 93.7 Å². The molecular formula is C37H50F2N4O3. The smallest absolute Gasteiger partial charge is 0.253 e. The second-order valence-electron chi connectivity index (χ2n) is 11.9. The largest absolute Gasteiger partial charge is 0.390 e. The van der Waals surface area contributed by atoms with Crippen molar-refractivity contribution in [3.05, 3.63) is 106 Å². The molecule has 0 unspecified atom stereocenters. The maximum Gasteiger partial charge on any atom is 0.253 e. The van der Waals surface area contributed by atoms with Gasteiger partial charge in [0, 0.05) is 43.4 Å². The maximum absolute atomic E-state index is 14.1. The van der Waals surface area contributed by atoms with E-state index in [-0.39, 0.29) is 18.9 Å². The van der Waals surface area contributed by atoms with Crippen LogP contribution in [-0.4, -0.2) is 67.2 Å². The minimum Gasteiger partial charge on any atom is -0.390 e. The van der Waals surface area contributed by atoms with Crippen molar-refractivity contribution in [1.29, 1.82) is 0 Å². The van der Waals surface area contributed by atoms with Crippen molar-refractivity contribution in [2.45, 2.75) is 78.0 Å². The Morgan fingerprint density at radius 3 is 2.17 bits per heavy atom. The number of carbonyl (C=O) groups is 2. The van der Waals surface area contributed by atoms with Gasteiger partial charge in [-0.15, -0.1) is 0 Å². The summed E-state index contributed by atoms with van der Waals surface area (Å²) in [7, 11) is 1.87. The first kappa shape index (κ1) is 36.8.